The van der Waals surface area contributed by atoms with E-state index in [4.69, 9.17) is 0 Å². The summed E-state index contributed by atoms with van der Waals surface area (Å²) in [5.41, 5.74) is 2.01. The first kappa shape index (κ1) is 18.4. The summed E-state index contributed by atoms with van der Waals surface area (Å²) >= 11 is 0. The molecule has 0 bridgehead atoms. The van der Waals surface area contributed by atoms with Crippen molar-refractivity contribution in [1.82, 2.24) is 15.3 Å². The Morgan fingerprint density at radius 3 is 2.46 bits per heavy atom. The summed E-state index contributed by atoms with van der Waals surface area (Å²) in [6, 6.07) is 0. The van der Waals surface area contributed by atoms with Crippen LogP contribution in [0.3, 0.4) is 0 Å². The van der Waals surface area contributed by atoms with Crippen molar-refractivity contribution in [1.29, 1.82) is 0 Å². The van der Waals surface area contributed by atoms with Gasteiger partial charge in [0.05, 0.1) is 5.56 Å². The van der Waals surface area contributed by atoms with E-state index in [2.05, 4.69) is 40.1 Å². The number of carbonyl (C=O) groups excluding carboxylic acids is 1. The van der Waals surface area contributed by atoms with Crippen molar-refractivity contribution in [3.8, 4) is 0 Å². The second-order valence-corrected chi connectivity index (χ2v) is 6.37. The molecule has 5 nitrogen and oxygen atoms in total. The molecule has 24 heavy (non-hydrogen) atoms. The van der Waals surface area contributed by atoms with Crippen LogP contribution >= 0.6 is 0 Å². The molecule has 1 amide bonds. The van der Waals surface area contributed by atoms with E-state index in [9.17, 15) is 4.79 Å². The van der Waals surface area contributed by atoms with Gasteiger partial charge in [0.1, 0.15) is 0 Å². The Balaban J connectivity index is 1.84. The van der Waals surface area contributed by atoms with E-state index in [-0.39, 0.29) is 5.91 Å². The highest BCUT2D eigenvalue weighted by molar-refractivity contribution is 5.93. The number of hydrogen-bond acceptors (Lipinski definition) is 4. The molecule has 1 N–H and O–H groups in total. The van der Waals surface area contributed by atoms with E-state index >= 15 is 0 Å². The van der Waals surface area contributed by atoms with Crippen LogP contribution < -0.4 is 10.2 Å². The van der Waals surface area contributed by atoms with Gasteiger partial charge in [0.15, 0.2) is 0 Å². The van der Waals surface area contributed by atoms with E-state index in [0.29, 0.717) is 18.1 Å². The maximum Gasteiger partial charge on any atom is 0.254 e. The van der Waals surface area contributed by atoms with Gasteiger partial charge in [-0.15, -0.1) is 0 Å². The van der Waals surface area contributed by atoms with Gasteiger partial charge in [-0.3, -0.25) is 4.79 Å². The van der Waals surface area contributed by atoms with Gasteiger partial charge in [-0.1, -0.05) is 25.5 Å². The highest BCUT2D eigenvalue weighted by Crippen LogP contribution is 2.19. The Labute approximate surface area is 145 Å². The smallest absolute Gasteiger partial charge is 0.254 e. The standard InChI is InChI=1S/C19H30N4O/c1-3-12-23(13-4-2)19-21-14-17(15-22-19)18(24)20-11-10-16-8-6-5-7-9-16/h8,14-15H,3-7,9-13H2,1-2H3,(H,20,24). The Hall–Kier alpha value is -1.91. The largest absolute Gasteiger partial charge is 0.352 e. The number of anilines is 1. The molecule has 0 saturated heterocycles. The SMILES string of the molecule is CCCN(CCC)c1ncc(C(=O)NCCC2=CCCCC2)cn1. The van der Waals surface area contributed by atoms with E-state index in [1.165, 1.54) is 31.3 Å². The quantitative estimate of drug-likeness (QED) is 0.701. The van der Waals surface area contributed by atoms with Gasteiger partial charge in [0, 0.05) is 32.0 Å². The Morgan fingerprint density at radius 1 is 1.17 bits per heavy atom. The molecule has 0 unspecified atom stereocenters. The van der Waals surface area contributed by atoms with E-state index in [1.54, 1.807) is 12.4 Å². The molecular formula is C19H30N4O. The minimum absolute atomic E-state index is 0.0875. The van der Waals surface area contributed by atoms with Gasteiger partial charge in [0.2, 0.25) is 5.95 Å². The maximum atomic E-state index is 12.2. The number of amides is 1. The van der Waals surface area contributed by atoms with Crippen LogP contribution in [0.5, 0.6) is 0 Å². The first-order chi connectivity index (χ1) is 11.7. The highest BCUT2D eigenvalue weighted by atomic mass is 16.1. The predicted octanol–water partition coefficient (Wildman–Crippen LogP) is 3.72. The molecule has 0 saturated carbocycles. The molecule has 2 rings (SSSR count). The summed E-state index contributed by atoms with van der Waals surface area (Å²) in [5.74, 6) is 0.623. The van der Waals surface area contributed by atoms with Crippen molar-refractivity contribution in [2.24, 2.45) is 0 Å². The van der Waals surface area contributed by atoms with Crippen LogP contribution in [0.25, 0.3) is 0 Å². The lowest BCUT2D eigenvalue weighted by atomic mass is 9.97. The molecule has 132 valence electrons. The fourth-order valence-electron chi connectivity index (χ4n) is 3.02. The minimum atomic E-state index is -0.0875. The molecule has 0 aromatic carbocycles. The second kappa shape index (κ2) is 10.1. The molecular weight excluding hydrogens is 300 g/mol. The third-order valence-corrected chi connectivity index (χ3v) is 4.29. The molecule has 1 aromatic rings. The second-order valence-electron chi connectivity index (χ2n) is 6.37. The number of carbonyl (C=O) groups is 1. The lowest BCUT2D eigenvalue weighted by Gasteiger charge is -2.21. The fourth-order valence-corrected chi connectivity index (χ4v) is 3.02. The van der Waals surface area contributed by atoms with Crippen LogP contribution in [0.4, 0.5) is 5.95 Å². The van der Waals surface area contributed by atoms with E-state index in [1.807, 2.05) is 0 Å². The lowest BCUT2D eigenvalue weighted by Crippen LogP contribution is -2.28. The Kier molecular flexibility index (Phi) is 7.72. The normalized spacial score (nSPS) is 14.2. The number of allylic oxidation sites excluding steroid dienone is 1. The van der Waals surface area contributed by atoms with Crippen LogP contribution in [0.2, 0.25) is 0 Å². The number of hydrogen-bond donors (Lipinski definition) is 1. The molecule has 1 aliphatic rings. The van der Waals surface area contributed by atoms with Crippen molar-refractivity contribution < 1.29 is 4.79 Å². The Bertz CT molecular complexity index is 533. The van der Waals surface area contributed by atoms with Gasteiger partial charge >= 0.3 is 0 Å². The molecule has 0 fully saturated rings. The van der Waals surface area contributed by atoms with Gasteiger partial charge in [-0.05, 0) is 44.9 Å². The van der Waals surface area contributed by atoms with E-state index in [0.717, 1.165) is 32.4 Å². The zero-order chi connectivity index (χ0) is 17.2. The van der Waals surface area contributed by atoms with Crippen molar-refractivity contribution in [3.05, 3.63) is 29.6 Å². The maximum absolute atomic E-state index is 12.2. The summed E-state index contributed by atoms with van der Waals surface area (Å²) in [7, 11) is 0. The number of nitrogens with one attached hydrogen (secondary N) is 1. The van der Waals surface area contributed by atoms with Crippen molar-refractivity contribution in [2.75, 3.05) is 24.5 Å². The van der Waals surface area contributed by atoms with Gasteiger partial charge in [-0.2, -0.15) is 0 Å². The fraction of sp³-hybridized carbons (Fsp3) is 0.632. The number of nitrogens with zero attached hydrogens (tertiary/aromatic N) is 3. The number of aromatic nitrogens is 2. The van der Waals surface area contributed by atoms with Crippen LogP contribution in [0, 0.1) is 0 Å². The monoisotopic (exact) mass is 330 g/mol. The van der Waals surface area contributed by atoms with Gasteiger partial charge < -0.3 is 10.2 Å². The van der Waals surface area contributed by atoms with Crippen LogP contribution in [-0.4, -0.2) is 35.5 Å². The van der Waals surface area contributed by atoms with Crippen molar-refractivity contribution in [2.45, 2.75) is 58.8 Å². The molecule has 0 aliphatic heterocycles. The van der Waals surface area contributed by atoms with Crippen molar-refractivity contribution >= 4 is 11.9 Å². The average Bonchev–Trinajstić information content (AvgIpc) is 2.62. The van der Waals surface area contributed by atoms with Gasteiger partial charge in [-0.25, -0.2) is 9.97 Å². The minimum Gasteiger partial charge on any atom is -0.352 e. The summed E-state index contributed by atoms with van der Waals surface area (Å²) < 4.78 is 0. The molecule has 0 spiro atoms. The lowest BCUT2D eigenvalue weighted by molar-refractivity contribution is 0.0953. The molecule has 1 aromatic heterocycles. The van der Waals surface area contributed by atoms with Gasteiger partial charge in [0.25, 0.3) is 5.91 Å². The summed E-state index contributed by atoms with van der Waals surface area (Å²) in [5, 5.41) is 2.97. The number of rotatable bonds is 9. The first-order valence-corrected chi connectivity index (χ1v) is 9.27. The van der Waals surface area contributed by atoms with Crippen molar-refractivity contribution in [3.63, 3.8) is 0 Å². The first-order valence-electron chi connectivity index (χ1n) is 9.27. The summed E-state index contributed by atoms with van der Waals surface area (Å²) in [6.45, 7) is 6.85. The topological polar surface area (TPSA) is 58.1 Å². The average molecular weight is 330 g/mol. The van der Waals surface area contributed by atoms with Crippen LogP contribution in [0.1, 0.15) is 69.2 Å². The third kappa shape index (κ3) is 5.62. The molecule has 0 atom stereocenters. The Morgan fingerprint density at radius 2 is 1.88 bits per heavy atom. The molecule has 1 heterocycles. The summed E-state index contributed by atoms with van der Waals surface area (Å²) in [6.07, 6.45) is 13.6. The highest BCUT2D eigenvalue weighted by Gasteiger charge is 2.11. The molecule has 0 radical (unpaired) electrons. The zero-order valence-corrected chi connectivity index (χ0v) is 15.1. The third-order valence-electron chi connectivity index (χ3n) is 4.29. The zero-order valence-electron chi connectivity index (χ0n) is 15.1. The van der Waals surface area contributed by atoms with Crippen LogP contribution in [-0.2, 0) is 0 Å². The van der Waals surface area contributed by atoms with E-state index < -0.39 is 0 Å². The summed E-state index contributed by atoms with van der Waals surface area (Å²) in [4.78, 5) is 23.1. The van der Waals surface area contributed by atoms with Crippen LogP contribution in [0.15, 0.2) is 24.0 Å². The predicted molar refractivity (Wildman–Crippen MR) is 98.3 cm³/mol. The molecule has 1 aliphatic carbocycles. The molecule has 5 heteroatoms.